The molecule has 10 fully saturated rings. The molecular weight excluding hydrogens is 817 g/mol. The normalized spacial score (nSPS) is 40.3. The lowest BCUT2D eigenvalue weighted by Crippen LogP contribution is -2.64. The van der Waals surface area contributed by atoms with Gasteiger partial charge in [0.15, 0.2) is 0 Å². The number of esters is 3. The first-order valence-electron chi connectivity index (χ1n) is 26.7. The molecule has 0 aromatic heterocycles. The van der Waals surface area contributed by atoms with Gasteiger partial charge in [-0.15, -0.1) is 0 Å². The van der Waals surface area contributed by atoms with Gasteiger partial charge < -0.3 is 29.5 Å². The summed E-state index contributed by atoms with van der Waals surface area (Å²) in [5, 5.41) is 33.0. The van der Waals surface area contributed by atoms with E-state index in [-0.39, 0.29) is 34.3 Å². The monoisotopic (exact) mass is 913 g/mol. The highest BCUT2D eigenvalue weighted by molar-refractivity contribution is 5.77. The van der Waals surface area contributed by atoms with E-state index in [9.17, 15) is 29.7 Å². The minimum absolute atomic E-state index is 0.0277. The fraction of sp³-hybridized carbons (Fsp3) is 0.946. The van der Waals surface area contributed by atoms with Crippen molar-refractivity contribution < 1.29 is 43.9 Å². The summed E-state index contributed by atoms with van der Waals surface area (Å²) < 4.78 is 18.3. The van der Waals surface area contributed by atoms with Crippen molar-refractivity contribution in [2.75, 3.05) is 0 Å². The Bertz CT molecular complexity index is 1700. The Morgan fingerprint density at radius 3 is 1.38 bits per heavy atom. The highest BCUT2D eigenvalue weighted by atomic mass is 16.6. The Hall–Kier alpha value is -1.71. The molecule has 5 atom stereocenters. The molecule has 10 rings (SSSR count). The Morgan fingerprint density at radius 2 is 0.954 bits per heavy atom. The summed E-state index contributed by atoms with van der Waals surface area (Å²) in [6, 6.07) is 0. The van der Waals surface area contributed by atoms with Gasteiger partial charge >= 0.3 is 17.9 Å². The van der Waals surface area contributed by atoms with Crippen LogP contribution < -0.4 is 0 Å². The first-order chi connectivity index (χ1) is 29.9. The van der Waals surface area contributed by atoms with Crippen LogP contribution in [0.5, 0.6) is 0 Å². The van der Waals surface area contributed by atoms with Gasteiger partial charge in [-0.2, -0.15) is 0 Å². The average molecular weight is 913 g/mol. The lowest BCUT2D eigenvalue weighted by molar-refractivity contribution is -0.241. The molecule has 65 heavy (non-hydrogen) atoms. The highest BCUT2D eigenvalue weighted by Crippen LogP contribution is 2.67. The van der Waals surface area contributed by atoms with Crippen LogP contribution in [0.3, 0.4) is 0 Å². The van der Waals surface area contributed by atoms with E-state index in [1.165, 1.54) is 6.42 Å². The molecule has 10 saturated carbocycles. The summed E-state index contributed by atoms with van der Waals surface area (Å²) in [6.07, 6.45) is 22.3. The zero-order valence-electron chi connectivity index (χ0n) is 43.9. The third kappa shape index (κ3) is 9.64. The maximum absolute atomic E-state index is 12.8. The third-order valence-corrected chi connectivity index (χ3v) is 20.8. The summed E-state index contributed by atoms with van der Waals surface area (Å²) >= 11 is 0. The van der Waals surface area contributed by atoms with Crippen molar-refractivity contribution in [2.24, 2.45) is 56.7 Å². The second-order valence-electron chi connectivity index (χ2n) is 26.7. The van der Waals surface area contributed by atoms with Crippen LogP contribution in [0.2, 0.25) is 0 Å². The Kier molecular flexibility index (Phi) is 14.5. The van der Waals surface area contributed by atoms with Gasteiger partial charge in [-0.25, -0.2) is 0 Å². The summed E-state index contributed by atoms with van der Waals surface area (Å²) in [7, 11) is 0. The number of hydrogen-bond donors (Lipinski definition) is 3. The van der Waals surface area contributed by atoms with Crippen LogP contribution in [-0.2, 0) is 28.6 Å². The van der Waals surface area contributed by atoms with Crippen molar-refractivity contribution in [1.29, 1.82) is 0 Å². The topological polar surface area (TPSA) is 140 Å². The highest BCUT2D eigenvalue weighted by Gasteiger charge is 2.66. The number of rotatable bonds is 12. The maximum Gasteiger partial charge on any atom is 0.312 e. The molecule has 0 heterocycles. The lowest BCUT2D eigenvalue weighted by atomic mass is 9.44. The number of carbonyl (C=O) groups excluding carboxylic acids is 3. The second-order valence-corrected chi connectivity index (χ2v) is 26.7. The molecule has 10 aliphatic rings. The third-order valence-electron chi connectivity index (χ3n) is 20.8. The van der Waals surface area contributed by atoms with Crippen LogP contribution in [0.15, 0.2) is 0 Å². The van der Waals surface area contributed by atoms with Crippen molar-refractivity contribution in [2.45, 2.75) is 278 Å². The molecule has 0 aromatic carbocycles. The van der Waals surface area contributed by atoms with E-state index in [1.54, 1.807) is 0 Å². The Balaban J connectivity index is 0.000000162. The van der Waals surface area contributed by atoms with Crippen LogP contribution in [0.1, 0.15) is 245 Å². The molecule has 374 valence electrons. The van der Waals surface area contributed by atoms with Gasteiger partial charge in [0.1, 0.15) is 16.8 Å². The van der Waals surface area contributed by atoms with Gasteiger partial charge in [-0.05, 0) is 209 Å². The largest absolute Gasteiger partial charge is 0.459 e. The van der Waals surface area contributed by atoms with Crippen LogP contribution in [-0.4, -0.2) is 66.8 Å². The van der Waals surface area contributed by atoms with Crippen molar-refractivity contribution in [3.8, 4) is 0 Å². The molecule has 0 spiro atoms. The van der Waals surface area contributed by atoms with Crippen molar-refractivity contribution in [3.63, 3.8) is 0 Å². The van der Waals surface area contributed by atoms with Gasteiger partial charge in [0.25, 0.3) is 0 Å². The molecule has 3 N–H and O–H groups in total. The van der Waals surface area contributed by atoms with Gasteiger partial charge in [-0.1, -0.05) is 53.4 Å². The molecule has 0 amide bonds. The van der Waals surface area contributed by atoms with Gasteiger partial charge in [-0.3, -0.25) is 14.4 Å². The van der Waals surface area contributed by atoms with Crippen molar-refractivity contribution >= 4 is 17.9 Å². The molecule has 8 bridgehead atoms. The van der Waals surface area contributed by atoms with E-state index in [4.69, 9.17) is 14.2 Å². The number of hydrogen-bond acceptors (Lipinski definition) is 9. The molecular formula is C56H96O9. The second kappa shape index (κ2) is 17.9. The van der Waals surface area contributed by atoms with Gasteiger partial charge in [0.2, 0.25) is 0 Å². The number of aliphatic hydroxyl groups is 3. The molecule has 0 aromatic rings. The fourth-order valence-corrected chi connectivity index (χ4v) is 15.3. The predicted molar refractivity (Wildman–Crippen MR) is 257 cm³/mol. The summed E-state index contributed by atoms with van der Waals surface area (Å²) in [4.78, 5) is 37.9. The fourth-order valence-electron chi connectivity index (χ4n) is 15.3. The molecule has 10 aliphatic carbocycles. The summed E-state index contributed by atoms with van der Waals surface area (Å²) in [5.41, 5.74) is -4.68. The zero-order chi connectivity index (χ0) is 48.5. The molecule has 9 heteroatoms. The van der Waals surface area contributed by atoms with E-state index in [0.29, 0.717) is 29.6 Å². The molecule has 5 unspecified atom stereocenters. The zero-order valence-corrected chi connectivity index (χ0v) is 43.9. The van der Waals surface area contributed by atoms with Crippen LogP contribution in [0, 0.1) is 56.7 Å². The van der Waals surface area contributed by atoms with E-state index in [2.05, 4.69) is 20.8 Å². The van der Waals surface area contributed by atoms with E-state index in [0.717, 1.165) is 141 Å². The maximum atomic E-state index is 12.8. The minimum Gasteiger partial charge on any atom is -0.459 e. The van der Waals surface area contributed by atoms with Crippen LogP contribution in [0.4, 0.5) is 0 Å². The predicted octanol–water partition coefficient (Wildman–Crippen LogP) is 12.4. The molecule has 0 radical (unpaired) electrons. The first kappa shape index (κ1) is 52.7. The Morgan fingerprint density at radius 1 is 0.523 bits per heavy atom. The molecule has 0 saturated heterocycles. The minimum atomic E-state index is -0.663. The van der Waals surface area contributed by atoms with Crippen LogP contribution in [0.25, 0.3) is 0 Å². The van der Waals surface area contributed by atoms with E-state index >= 15 is 0 Å². The first-order valence-corrected chi connectivity index (χ1v) is 26.7. The number of carbonyl (C=O) groups is 3. The number of fused-ring (bicyclic) bond motifs is 1. The quantitative estimate of drug-likeness (QED) is 0.129. The van der Waals surface area contributed by atoms with Gasteiger partial charge in [0.05, 0.1) is 33.0 Å². The lowest BCUT2D eigenvalue weighted by Gasteiger charge is -2.64. The van der Waals surface area contributed by atoms with Crippen molar-refractivity contribution in [3.05, 3.63) is 0 Å². The molecule has 0 aliphatic heterocycles. The summed E-state index contributed by atoms with van der Waals surface area (Å²) in [5.74, 6) is 2.28. The smallest absolute Gasteiger partial charge is 0.312 e. The van der Waals surface area contributed by atoms with Crippen LogP contribution >= 0.6 is 0 Å². The summed E-state index contributed by atoms with van der Waals surface area (Å²) in [6.45, 7) is 28.3. The Labute approximate surface area is 395 Å². The SMILES string of the molecule is CCC(C)(C)C(=O)OC(C)(C)C12CCCCC1(O)CCCC2.CCC(C)(C)C(=O)OC(C)(CC)C12CC3CC(CC(O)(C3)C1)C2.CCC(C)(C)C(=O)OC1(C)C2CC3CC1CC(O)(C3)C2. The van der Waals surface area contributed by atoms with E-state index < -0.39 is 44.3 Å². The van der Waals surface area contributed by atoms with Gasteiger partial charge in [0, 0.05) is 22.7 Å². The molecule has 9 nitrogen and oxygen atoms in total. The average Bonchev–Trinajstić information content (AvgIpc) is 3.21. The van der Waals surface area contributed by atoms with Crippen molar-refractivity contribution in [1.82, 2.24) is 0 Å². The number of ether oxygens (including phenoxy) is 3. The standard InChI is InChI=1S/C20H34O3.C19H34O3.C17H28O3/c1-6-17(3,4)16(21)23-18(5,7-2)19-9-14-8-15(10-19)12-20(22,11-14)13-19;1-6-16(2,3)15(20)22-17(4,5)18-11-7-9-13-19(18,21)14-10-8-12-18;1-5-15(2,3)14(18)20-16(4)12-6-11-7-13(16)10-17(19,8-11)9-12/h14-15,22H,6-13H2,1-5H3;21H,6-14H2,1-5H3;11-13,19H,5-10H2,1-4H3. The van der Waals surface area contributed by atoms with E-state index in [1.807, 2.05) is 76.2 Å².